The van der Waals surface area contributed by atoms with Crippen LogP contribution in [-0.2, 0) is 117 Å². The van der Waals surface area contributed by atoms with Gasteiger partial charge in [0.05, 0.1) is 61.9 Å². The first-order valence-corrected chi connectivity index (χ1v) is 37.5. The normalized spacial score (nSPS) is 12.2. The first-order valence-electron chi connectivity index (χ1n) is 36.2. The fraction of sp³-hybridized carbons (Fsp3) is 0.521. The van der Waals surface area contributed by atoms with Gasteiger partial charge in [0.25, 0.3) is 0 Å². The molecule has 0 aliphatic carbocycles. The number of amides is 12. The minimum atomic E-state index is -1.62. The van der Waals surface area contributed by atoms with Gasteiger partial charge in [0.2, 0.25) is 23.6 Å². The Bertz CT molecular complexity index is 3790. The van der Waals surface area contributed by atoms with Gasteiger partial charge in [-0.05, 0) is 86.5 Å². The zero-order valence-corrected chi connectivity index (χ0v) is 65.9. The summed E-state index contributed by atoms with van der Waals surface area (Å²) >= 11 is 7.69. The minimum absolute atomic E-state index is 0.0614. The van der Waals surface area contributed by atoms with Crippen molar-refractivity contribution in [3.8, 4) is 0 Å². The Kier molecular flexibility index (Phi) is 57.3. The zero-order chi connectivity index (χ0) is 90.5. The zero-order valence-electron chi connectivity index (χ0n) is 64.1. The number of unbranched alkanes of at least 4 members (excludes halogenated alkanes) is 3. The number of carbonyl (C=O) groups is 19. The number of hydrogen-bond acceptors (Lipinski definition) is 26. The van der Waals surface area contributed by atoms with E-state index in [0.717, 1.165) is 0 Å². The molecule has 0 radical (unpaired) electrons. The van der Waals surface area contributed by atoms with E-state index < -0.39 is 193 Å². The van der Waals surface area contributed by atoms with E-state index in [4.69, 9.17) is 45.6 Å². The molecule has 2 aromatic carbocycles. The predicted octanol–water partition coefficient (Wildman–Crippen LogP) is -1.50. The third-order valence-electron chi connectivity index (χ3n) is 16.1. The number of urea groups is 4. The first-order chi connectivity index (χ1) is 56.1. The number of thiol groups is 2. The molecule has 0 aromatic heterocycles. The van der Waals surface area contributed by atoms with Gasteiger partial charge >= 0.3 is 90.2 Å². The number of aliphatic carboxylic acids is 9. The maximum absolute atomic E-state index is 13.4. The molecule has 0 spiro atoms. The van der Waals surface area contributed by atoms with Crippen LogP contribution in [-0.4, -0.2) is 251 Å². The van der Waals surface area contributed by atoms with Crippen LogP contribution in [0.5, 0.6) is 0 Å². The second kappa shape index (κ2) is 63.2. The summed E-state index contributed by atoms with van der Waals surface area (Å²) in [6.07, 6.45) is -0.860. The first kappa shape index (κ1) is 108. The number of carboxylic acids is 9. The molecule has 48 heteroatoms. The molecule has 0 saturated carbocycles. The molecule has 2 rings (SSSR count). The van der Waals surface area contributed by atoms with Crippen molar-refractivity contribution >= 4 is 156 Å². The number of rotatable bonds is 57. The molecule has 2 aromatic rings. The van der Waals surface area contributed by atoms with E-state index in [1.807, 2.05) is 0 Å². The van der Waals surface area contributed by atoms with Crippen molar-refractivity contribution in [2.75, 3.05) is 37.7 Å². The second-order valence-corrected chi connectivity index (χ2v) is 26.4. The Labute approximate surface area is 689 Å². The molecule has 0 fully saturated rings. The van der Waals surface area contributed by atoms with Gasteiger partial charge in [-0.25, -0.2) is 38.4 Å². The number of nitrogens with two attached hydrogens (primary N) is 1. The number of amidine groups is 1. The van der Waals surface area contributed by atoms with E-state index in [0.29, 0.717) is 60.8 Å². The summed E-state index contributed by atoms with van der Waals surface area (Å²) in [6, 6.07) is 2.54. The van der Waals surface area contributed by atoms with Crippen molar-refractivity contribution in [1.29, 1.82) is 5.41 Å². The average Bonchev–Trinajstić information content (AvgIpc) is 0.867. The van der Waals surface area contributed by atoms with E-state index in [2.05, 4.69) is 89.1 Å². The van der Waals surface area contributed by atoms with Crippen molar-refractivity contribution < 1.29 is 156 Å². The number of ketones is 2. The highest BCUT2D eigenvalue weighted by Crippen LogP contribution is 2.18. The van der Waals surface area contributed by atoms with Crippen LogP contribution in [0.15, 0.2) is 48.5 Å². The van der Waals surface area contributed by atoms with Crippen LogP contribution in [0.1, 0.15) is 144 Å². The van der Waals surface area contributed by atoms with Crippen molar-refractivity contribution in [2.45, 2.75) is 184 Å². The summed E-state index contributed by atoms with van der Waals surface area (Å²) in [4.78, 5) is 259. The van der Waals surface area contributed by atoms with Crippen LogP contribution in [0, 0.1) is 17.2 Å². The SMILES string of the molecule is N=C(N)CCCC[C@H](NC(=O)Cc1ccc(CNC(=O)NCCCC[C@H](NC(=O)NCCCC(=O)O)C(=O)O)cc1)C(=O)C[C@@H](CC(=O)O)C(=O)N[C@@H](CS)C(=O)O.O=C(O)CCCNC(=O)N[C@@H](CCCCNC(=O)NCc1ccc(CC(=O)N[C@H](CC(=O)O)C(=O)C[C@H](CC(=O)O)C(=O)N[C@@H](CS)C(=O)O)cc1)C(=O)O.O=C=O.O=C=O. The molecule has 8 atom stereocenters. The van der Waals surface area contributed by atoms with Gasteiger partial charge in [-0.15, -0.1) is 0 Å². The highest BCUT2D eigenvalue weighted by atomic mass is 32.1. The van der Waals surface area contributed by atoms with Gasteiger partial charge in [-0.3, -0.25) is 58.1 Å². The Balaban J connectivity index is 0. The molecule has 0 bridgehead atoms. The third kappa shape index (κ3) is 55.2. The summed E-state index contributed by atoms with van der Waals surface area (Å²) < 4.78 is 0. The lowest BCUT2D eigenvalue weighted by atomic mass is 9.92. The van der Waals surface area contributed by atoms with Crippen molar-refractivity contribution in [3.63, 3.8) is 0 Å². The van der Waals surface area contributed by atoms with Crippen molar-refractivity contribution in [3.05, 3.63) is 70.8 Å². The molecule has 0 heterocycles. The smallest absolute Gasteiger partial charge is 0.373 e. The Morgan fingerprint density at radius 2 is 0.639 bits per heavy atom. The van der Waals surface area contributed by atoms with Gasteiger partial charge in [-0.1, -0.05) is 55.0 Å². The van der Waals surface area contributed by atoms with Gasteiger partial charge in [0.1, 0.15) is 24.2 Å². The molecule has 119 heavy (non-hydrogen) atoms. The van der Waals surface area contributed by atoms with Crippen molar-refractivity contribution in [2.24, 2.45) is 17.6 Å². The standard InChI is InChI=1S/C36H54N8O13S.C33H46N6O15S.2CO2/c37-28(38)8-2-1-6-24(27(45)17-23(18-31(49)50)32(51)43-26(20-58)34(54)55)42-29(46)16-21-10-12-22(13-11-21)19-41-35(56)39-14-4-3-7-25(33(52)53)44-36(57)40-15-5-9-30(47)48;40-24(13-20(14-27(44)45)29(48)38-23(17-55)31(51)52)22(15-28(46)47)37-25(41)12-18-6-8-19(9-7-18)16-36-32(53)34-10-2-1-4-21(30(49)50)39-33(54)35-11-3-5-26(42)43;2*2-1-3/h10-13,23-26,58H,1-9,14-20H2,(H3,37,38)(H,42,46)(H,43,51)(H,47,48)(H,49,50)(H,52,53)(H,54,55)(H2,39,41,56)(H2,40,44,57);6-9,20-23,55H,1-5,10-17H2,(H,37,41)(H,38,48)(H,42,43)(H,44,45)(H,46,47)(H,49,50)(H,51,52)(H2,34,36,53)(H2,35,39,54);;/t23-,24-,25-,26-;20-,21+,22-,23+;;/m01../s1. The molecule has 24 N–H and O–H groups in total. The van der Waals surface area contributed by atoms with E-state index in [9.17, 15) is 122 Å². The van der Waals surface area contributed by atoms with Crippen molar-refractivity contribution in [1.82, 2.24) is 63.8 Å². The lowest BCUT2D eigenvalue weighted by Gasteiger charge is -2.22. The molecule has 0 saturated heterocycles. The number of carboxylic acid groups (broad SMARTS) is 9. The molecule has 658 valence electrons. The average molecular weight is 1730 g/mol. The van der Waals surface area contributed by atoms with E-state index in [1.165, 1.54) is 0 Å². The number of benzene rings is 2. The summed E-state index contributed by atoms with van der Waals surface area (Å²) in [6.45, 7) is 0.787. The maximum Gasteiger partial charge on any atom is 0.373 e. The van der Waals surface area contributed by atoms with Gasteiger partial charge in [0.15, 0.2) is 11.6 Å². The number of hydrogen-bond donors (Lipinski definition) is 25. The molecular weight excluding hydrogens is 1620 g/mol. The monoisotopic (exact) mass is 1720 g/mol. The summed E-state index contributed by atoms with van der Waals surface area (Å²) in [5, 5.41) is 119. The number of carbonyl (C=O) groups excluding carboxylic acids is 14. The van der Waals surface area contributed by atoms with Crippen LogP contribution in [0.25, 0.3) is 0 Å². The van der Waals surface area contributed by atoms with Crippen LogP contribution in [0.3, 0.4) is 0 Å². The lowest BCUT2D eigenvalue weighted by molar-refractivity contribution is -0.193. The van der Waals surface area contributed by atoms with E-state index >= 15 is 0 Å². The van der Waals surface area contributed by atoms with Crippen LogP contribution in [0.4, 0.5) is 19.2 Å². The molecule has 0 aliphatic heterocycles. The topological polar surface area (TPSA) is 769 Å². The maximum atomic E-state index is 13.4. The molecule has 12 amide bonds. The van der Waals surface area contributed by atoms with Crippen LogP contribution < -0.4 is 69.5 Å². The largest absolute Gasteiger partial charge is 0.481 e. The number of nitrogens with one attached hydrogen (secondary N) is 13. The second-order valence-electron chi connectivity index (χ2n) is 25.6. The van der Waals surface area contributed by atoms with E-state index in [-0.39, 0.29) is 133 Å². The lowest BCUT2D eigenvalue weighted by Crippen LogP contribution is -2.47. The quantitative estimate of drug-likeness (QED) is 0.0155. The summed E-state index contributed by atoms with van der Waals surface area (Å²) in [5.41, 5.74) is 7.76. The molecule has 0 aliphatic rings. The molecular formula is C71H100N14O32S2. The van der Waals surface area contributed by atoms with Crippen LogP contribution >= 0.6 is 25.3 Å². The fourth-order valence-electron chi connectivity index (χ4n) is 10.1. The highest BCUT2D eigenvalue weighted by molar-refractivity contribution is 7.80. The Morgan fingerprint density at radius 3 is 0.958 bits per heavy atom. The number of Topliss-reactive ketones (excluding diaryl/α,β-unsaturated/α-hetero) is 2. The van der Waals surface area contributed by atoms with E-state index in [1.54, 1.807) is 48.5 Å². The Morgan fingerprint density at radius 1 is 0.336 bits per heavy atom. The molecule has 0 unspecified atom stereocenters. The fourth-order valence-corrected chi connectivity index (χ4v) is 10.6. The van der Waals surface area contributed by atoms with Gasteiger partial charge in [-0.2, -0.15) is 44.4 Å². The summed E-state index contributed by atoms with van der Waals surface area (Å²) in [7, 11) is 0. The predicted molar refractivity (Wildman–Crippen MR) is 412 cm³/mol. The Hall–Kier alpha value is -13.1. The third-order valence-corrected chi connectivity index (χ3v) is 16.8. The van der Waals surface area contributed by atoms with Gasteiger partial charge in [0, 0.05) is 82.9 Å². The van der Waals surface area contributed by atoms with Crippen LogP contribution in [0.2, 0.25) is 0 Å². The highest BCUT2D eigenvalue weighted by Gasteiger charge is 2.34. The van der Waals surface area contributed by atoms with Gasteiger partial charge < -0.3 is 115 Å². The minimum Gasteiger partial charge on any atom is -0.481 e. The molecule has 46 nitrogen and oxygen atoms in total. The summed E-state index contributed by atoms with van der Waals surface area (Å²) in [5.74, 6) is -20.2.